The molecule has 2 atom stereocenters. The van der Waals surface area contributed by atoms with E-state index in [-0.39, 0.29) is 25.3 Å². The third kappa shape index (κ3) is 7.55. The van der Waals surface area contributed by atoms with Crippen molar-refractivity contribution in [2.75, 3.05) is 23.0 Å². The fourth-order valence-corrected chi connectivity index (χ4v) is 10.9. The van der Waals surface area contributed by atoms with Crippen LogP contribution in [-0.2, 0) is 22.3 Å². The van der Waals surface area contributed by atoms with E-state index in [0.717, 1.165) is 89.2 Å². The first kappa shape index (κ1) is 42.6. The van der Waals surface area contributed by atoms with Crippen LogP contribution in [0.15, 0.2) is 109 Å². The molecule has 11 rings (SSSR count). The first-order valence-electron chi connectivity index (χ1n) is 23.3. The number of aromatic amines is 2. The van der Waals surface area contributed by atoms with Gasteiger partial charge in [-0.25, -0.2) is 19.6 Å². The van der Waals surface area contributed by atoms with Crippen molar-refractivity contribution in [2.45, 2.75) is 66.5 Å². The standard InChI is InChI=1S/C58H52N6O4/c1-33-25-35(3)51(36(4)26-33)53-43-17-21-47(59-43)55(63-41(31-67-57(63)65)29-39-13-9-7-10-14-39)49-23-19-45(61-49)54(52-37(5)27-34(2)28-38(52)6)46-20-24-50(62-46)56(48-22-18-44(53)60-48)64-42(32-68-58(64)66)30-40-15-11-8-12-16-40/h7-28,41-42,59,62H,29-32H2,1-6H3/t41-,42-/m1/s1. The molecule has 4 aliphatic rings. The minimum atomic E-state index is -0.426. The van der Waals surface area contributed by atoms with Gasteiger partial charge in [0.15, 0.2) is 0 Å². The molecule has 2 amide bonds. The van der Waals surface area contributed by atoms with E-state index in [1.807, 2.05) is 72.8 Å². The lowest BCUT2D eigenvalue weighted by Crippen LogP contribution is -2.35. The van der Waals surface area contributed by atoms with Crippen LogP contribution in [0.1, 0.15) is 67.3 Å². The van der Waals surface area contributed by atoms with Crippen molar-refractivity contribution >= 4 is 69.9 Å². The number of cyclic esters (lactones) is 2. The van der Waals surface area contributed by atoms with E-state index in [0.29, 0.717) is 46.6 Å². The smallest absolute Gasteiger partial charge is 0.414 e. The summed E-state index contributed by atoms with van der Waals surface area (Å²) >= 11 is 0. The molecule has 68 heavy (non-hydrogen) atoms. The number of H-pyrrole nitrogens is 2. The SMILES string of the molecule is Cc1cc(C)c(-c2c3nc(c(N4C(=O)OC[C@H]4Cc4ccccc4)c4ccc([nH]4)c(-c4c(C)cc(C)cc4C)c4nc(c(N5C(=O)OC[C@H]5Cc5ccccc5)c5ccc2[nH]5)C=C4)C=C3)c(C)c1. The number of carbonyl (C=O) groups excluding carboxylic acids is 2. The number of ether oxygens (including phenoxy) is 2. The number of carbonyl (C=O) groups is 2. The van der Waals surface area contributed by atoms with E-state index in [2.05, 4.69) is 112 Å². The molecule has 2 N–H and O–H groups in total. The molecule has 2 saturated heterocycles. The van der Waals surface area contributed by atoms with Crippen molar-refractivity contribution in [2.24, 2.45) is 0 Å². The van der Waals surface area contributed by atoms with E-state index < -0.39 is 12.2 Å². The Kier molecular flexibility index (Phi) is 10.7. The highest BCUT2D eigenvalue weighted by Gasteiger charge is 2.39. The molecule has 10 heteroatoms. The van der Waals surface area contributed by atoms with Gasteiger partial charge in [0, 0.05) is 22.2 Å². The normalized spacial score (nSPS) is 16.5. The number of nitrogens with one attached hydrogen (secondary N) is 2. The van der Waals surface area contributed by atoms with Gasteiger partial charge in [-0.2, -0.15) is 0 Å². The van der Waals surface area contributed by atoms with E-state index in [1.54, 1.807) is 9.80 Å². The zero-order chi connectivity index (χ0) is 46.8. The number of anilines is 2. The molecule has 338 valence electrons. The Morgan fingerprint density at radius 1 is 0.471 bits per heavy atom. The average molecular weight is 897 g/mol. The van der Waals surface area contributed by atoms with Crippen molar-refractivity contribution < 1.29 is 19.1 Å². The fraction of sp³-hybridized carbons (Fsp3) is 0.207. The molecule has 0 unspecified atom stereocenters. The summed E-state index contributed by atoms with van der Waals surface area (Å²) in [4.78, 5) is 50.6. The van der Waals surface area contributed by atoms with E-state index in [1.165, 1.54) is 0 Å². The molecular weight excluding hydrogens is 845 g/mol. The van der Waals surface area contributed by atoms with Crippen LogP contribution in [-0.4, -0.2) is 57.4 Å². The van der Waals surface area contributed by atoms with Gasteiger partial charge in [-0.1, -0.05) is 96.1 Å². The van der Waals surface area contributed by atoms with Crippen molar-refractivity contribution in [3.63, 3.8) is 0 Å². The fourth-order valence-electron chi connectivity index (χ4n) is 10.9. The largest absolute Gasteiger partial charge is 0.447 e. The molecular formula is C58H52N6O4. The Morgan fingerprint density at radius 2 is 0.824 bits per heavy atom. The van der Waals surface area contributed by atoms with Gasteiger partial charge >= 0.3 is 12.2 Å². The molecule has 7 aromatic rings. The Labute approximate surface area is 395 Å². The lowest BCUT2D eigenvalue weighted by Gasteiger charge is -2.22. The molecule has 4 aromatic carbocycles. The summed E-state index contributed by atoms with van der Waals surface area (Å²) in [5, 5.41) is 0. The summed E-state index contributed by atoms with van der Waals surface area (Å²) in [6.45, 7) is 13.2. The maximum absolute atomic E-state index is 14.2. The first-order valence-corrected chi connectivity index (χ1v) is 23.3. The molecule has 0 saturated carbocycles. The summed E-state index contributed by atoms with van der Waals surface area (Å²) in [5.74, 6) is 0. The first-order chi connectivity index (χ1) is 33.0. The second-order valence-corrected chi connectivity index (χ2v) is 18.6. The number of hydrogen-bond acceptors (Lipinski definition) is 6. The molecule has 0 aliphatic carbocycles. The highest BCUT2D eigenvalue weighted by Crippen LogP contribution is 2.42. The highest BCUT2D eigenvalue weighted by atomic mass is 16.6. The lowest BCUT2D eigenvalue weighted by molar-refractivity contribution is 0.178. The molecule has 4 aliphatic heterocycles. The van der Waals surface area contributed by atoms with E-state index in [9.17, 15) is 9.59 Å². The number of rotatable bonds is 8. The van der Waals surface area contributed by atoms with Crippen LogP contribution in [0.4, 0.5) is 21.0 Å². The van der Waals surface area contributed by atoms with Crippen molar-refractivity contribution in [3.8, 4) is 22.3 Å². The molecule has 3 aromatic heterocycles. The summed E-state index contributed by atoms with van der Waals surface area (Å²) in [7, 11) is 0. The summed E-state index contributed by atoms with van der Waals surface area (Å²) in [6, 6.07) is 36.8. The van der Waals surface area contributed by atoms with Crippen molar-refractivity contribution in [1.82, 2.24) is 19.9 Å². The second-order valence-electron chi connectivity index (χ2n) is 18.6. The molecule has 0 spiro atoms. The maximum Gasteiger partial charge on any atom is 0.414 e. The average Bonchev–Trinajstić information content (AvgIpc) is 4.19. The van der Waals surface area contributed by atoms with Gasteiger partial charge in [0.2, 0.25) is 0 Å². The highest BCUT2D eigenvalue weighted by molar-refractivity contribution is 6.05. The molecule has 7 heterocycles. The Morgan fingerprint density at radius 3 is 1.21 bits per heavy atom. The minimum Gasteiger partial charge on any atom is -0.447 e. The predicted octanol–water partition coefficient (Wildman–Crippen LogP) is 13.0. The number of nitrogens with zero attached hydrogens (tertiary/aromatic N) is 4. The number of aryl methyl sites for hydroxylation is 6. The Bertz CT molecular complexity index is 3160. The molecule has 0 radical (unpaired) electrons. The lowest BCUT2D eigenvalue weighted by atomic mass is 9.92. The summed E-state index contributed by atoms with van der Waals surface area (Å²) in [5.41, 5.74) is 19.8. The van der Waals surface area contributed by atoms with Gasteiger partial charge in [-0.3, -0.25) is 9.80 Å². The molecule has 8 bridgehead atoms. The summed E-state index contributed by atoms with van der Waals surface area (Å²) < 4.78 is 11.8. The second kappa shape index (κ2) is 17.0. The number of amides is 2. The van der Waals surface area contributed by atoms with Crippen LogP contribution in [0, 0.1) is 41.5 Å². The number of aromatic nitrogens is 4. The maximum atomic E-state index is 14.2. The predicted molar refractivity (Wildman–Crippen MR) is 274 cm³/mol. The zero-order valence-electron chi connectivity index (χ0n) is 39.1. The van der Waals surface area contributed by atoms with Gasteiger partial charge < -0.3 is 19.4 Å². The van der Waals surface area contributed by atoms with E-state index in [4.69, 9.17) is 19.4 Å². The third-order valence-corrected chi connectivity index (χ3v) is 13.6. The quantitative estimate of drug-likeness (QED) is 0.157. The van der Waals surface area contributed by atoms with Crippen LogP contribution >= 0.6 is 0 Å². The minimum absolute atomic E-state index is 0.234. The number of hydrogen-bond donors (Lipinski definition) is 2. The Hall–Kier alpha value is -7.98. The van der Waals surface area contributed by atoms with Crippen molar-refractivity contribution in [3.05, 3.63) is 176 Å². The van der Waals surface area contributed by atoms with Gasteiger partial charge in [0.05, 0.1) is 57.3 Å². The van der Waals surface area contributed by atoms with Crippen molar-refractivity contribution in [1.29, 1.82) is 0 Å². The van der Waals surface area contributed by atoms with Gasteiger partial charge in [-0.05, 0) is 147 Å². The number of fused-ring (bicyclic) bond motifs is 8. The third-order valence-electron chi connectivity index (χ3n) is 13.6. The van der Waals surface area contributed by atoms with Crippen LogP contribution in [0.2, 0.25) is 0 Å². The molecule has 10 nitrogen and oxygen atoms in total. The van der Waals surface area contributed by atoms with Crippen LogP contribution in [0.3, 0.4) is 0 Å². The summed E-state index contributed by atoms with van der Waals surface area (Å²) in [6.07, 6.45) is 8.43. The Balaban J connectivity index is 1.27. The van der Waals surface area contributed by atoms with E-state index >= 15 is 0 Å². The zero-order valence-corrected chi connectivity index (χ0v) is 39.1. The topological polar surface area (TPSA) is 116 Å². The van der Waals surface area contributed by atoms with Crippen LogP contribution in [0.25, 0.3) is 68.6 Å². The van der Waals surface area contributed by atoms with Crippen LogP contribution < -0.4 is 9.80 Å². The monoisotopic (exact) mass is 896 g/mol. The van der Waals surface area contributed by atoms with Gasteiger partial charge in [0.25, 0.3) is 0 Å². The van der Waals surface area contributed by atoms with Crippen LogP contribution in [0.5, 0.6) is 0 Å². The van der Waals surface area contributed by atoms with Gasteiger partial charge in [-0.15, -0.1) is 0 Å². The van der Waals surface area contributed by atoms with Gasteiger partial charge in [0.1, 0.15) is 13.2 Å². The number of benzene rings is 4. The molecule has 2 fully saturated rings.